The minimum absolute atomic E-state index is 0.0667. The van der Waals surface area contributed by atoms with Crippen molar-refractivity contribution >= 4 is 26.7 Å². The molecule has 2 saturated heterocycles. The Balaban J connectivity index is 1.15. The maximum absolute atomic E-state index is 13.3. The van der Waals surface area contributed by atoms with E-state index in [4.69, 9.17) is 0 Å². The van der Waals surface area contributed by atoms with E-state index >= 15 is 0 Å². The molecule has 2 aliphatic heterocycles. The van der Waals surface area contributed by atoms with E-state index in [1.165, 1.54) is 38.6 Å². The summed E-state index contributed by atoms with van der Waals surface area (Å²) in [4.78, 5) is 18.3. The van der Waals surface area contributed by atoms with Crippen LogP contribution in [-0.2, 0) is 14.8 Å². The first kappa shape index (κ1) is 24.7. The van der Waals surface area contributed by atoms with Gasteiger partial charge in [-0.2, -0.15) is 4.31 Å². The van der Waals surface area contributed by atoms with Crippen LogP contribution in [0.2, 0.25) is 0 Å². The minimum Gasteiger partial charge on any atom is -0.341 e. The van der Waals surface area contributed by atoms with Crippen LogP contribution in [0.4, 0.5) is 0 Å². The highest BCUT2D eigenvalue weighted by molar-refractivity contribution is 7.89. The van der Waals surface area contributed by atoms with Crippen LogP contribution in [0.3, 0.4) is 0 Å². The minimum atomic E-state index is -3.55. The zero-order chi connectivity index (χ0) is 24.3. The van der Waals surface area contributed by atoms with Crippen LogP contribution in [0.15, 0.2) is 47.4 Å². The van der Waals surface area contributed by atoms with Crippen LogP contribution in [0.5, 0.6) is 0 Å². The van der Waals surface area contributed by atoms with E-state index in [0.717, 1.165) is 49.3 Å². The molecule has 35 heavy (non-hydrogen) atoms. The Kier molecular flexibility index (Phi) is 7.75. The first-order chi connectivity index (χ1) is 17.0. The van der Waals surface area contributed by atoms with Gasteiger partial charge in [0, 0.05) is 45.2 Å². The van der Waals surface area contributed by atoms with E-state index in [-0.39, 0.29) is 11.8 Å². The highest BCUT2D eigenvalue weighted by atomic mass is 32.2. The molecule has 7 heteroatoms. The van der Waals surface area contributed by atoms with Gasteiger partial charge in [0.1, 0.15) is 0 Å². The van der Waals surface area contributed by atoms with Crippen molar-refractivity contribution in [1.29, 1.82) is 0 Å². The highest BCUT2D eigenvalue weighted by Gasteiger charge is 2.34. The Morgan fingerprint density at radius 1 is 0.771 bits per heavy atom. The molecule has 190 valence electrons. The molecule has 0 atom stereocenters. The van der Waals surface area contributed by atoms with Crippen LogP contribution in [0, 0.1) is 11.8 Å². The van der Waals surface area contributed by atoms with Gasteiger partial charge in [-0.25, -0.2) is 8.42 Å². The molecule has 6 nitrogen and oxygen atoms in total. The van der Waals surface area contributed by atoms with Gasteiger partial charge in [0.25, 0.3) is 0 Å². The number of fused-ring (bicyclic) bond motifs is 1. The Hall–Kier alpha value is -1.96. The zero-order valence-electron chi connectivity index (χ0n) is 20.8. The van der Waals surface area contributed by atoms with Gasteiger partial charge in [0.2, 0.25) is 15.9 Å². The summed E-state index contributed by atoms with van der Waals surface area (Å²) in [5, 5.41) is 1.96. The lowest BCUT2D eigenvalue weighted by molar-refractivity contribution is -0.136. The number of hydrogen-bond acceptors (Lipinski definition) is 4. The first-order valence-electron chi connectivity index (χ1n) is 13.5. The first-order valence-corrected chi connectivity index (χ1v) is 14.9. The van der Waals surface area contributed by atoms with Gasteiger partial charge in [0.15, 0.2) is 0 Å². The fourth-order valence-electron chi connectivity index (χ4n) is 6.19. The molecule has 0 N–H and O–H groups in total. The summed E-state index contributed by atoms with van der Waals surface area (Å²) in [6.45, 7) is 5.70. The third-order valence-corrected chi connectivity index (χ3v) is 10.2. The van der Waals surface area contributed by atoms with E-state index in [1.54, 1.807) is 16.4 Å². The molecule has 2 aromatic rings. The fourth-order valence-corrected chi connectivity index (χ4v) is 7.69. The quantitative estimate of drug-likeness (QED) is 0.616. The Morgan fingerprint density at radius 2 is 1.51 bits per heavy atom. The van der Waals surface area contributed by atoms with E-state index in [9.17, 15) is 13.2 Å². The molecule has 2 heterocycles. The lowest BCUT2D eigenvalue weighted by atomic mass is 9.89. The molecule has 1 aliphatic carbocycles. The summed E-state index contributed by atoms with van der Waals surface area (Å²) >= 11 is 0. The second-order valence-corrected chi connectivity index (χ2v) is 12.6. The van der Waals surface area contributed by atoms with Crippen molar-refractivity contribution in [3.63, 3.8) is 0 Å². The summed E-state index contributed by atoms with van der Waals surface area (Å²) in [6, 6.07) is 13.1. The third-order valence-electron chi connectivity index (χ3n) is 8.30. The average Bonchev–Trinajstić information content (AvgIpc) is 3.14. The maximum atomic E-state index is 13.3. The number of carbonyl (C=O) groups excluding carboxylic acids is 1. The summed E-state index contributed by atoms with van der Waals surface area (Å²) in [5.74, 6) is 0.995. The number of benzene rings is 2. The zero-order valence-corrected chi connectivity index (χ0v) is 21.6. The summed E-state index contributed by atoms with van der Waals surface area (Å²) in [6.07, 6.45) is 9.10. The smallest absolute Gasteiger partial charge is 0.243 e. The van der Waals surface area contributed by atoms with Gasteiger partial charge >= 0.3 is 0 Å². The molecule has 5 rings (SSSR count). The summed E-state index contributed by atoms with van der Waals surface area (Å²) in [5.41, 5.74) is 0. The van der Waals surface area contributed by atoms with Crippen LogP contribution in [-0.4, -0.2) is 74.2 Å². The lowest BCUT2D eigenvalue weighted by Gasteiger charge is -2.33. The van der Waals surface area contributed by atoms with Gasteiger partial charge in [-0.3, -0.25) is 4.79 Å². The van der Waals surface area contributed by atoms with Crippen LogP contribution < -0.4 is 0 Å². The van der Waals surface area contributed by atoms with Gasteiger partial charge in [0.05, 0.1) is 4.90 Å². The van der Waals surface area contributed by atoms with Gasteiger partial charge in [-0.05, 0) is 67.5 Å². The molecular weight excluding hydrogens is 458 g/mol. The molecule has 3 aliphatic rings. The van der Waals surface area contributed by atoms with Crippen LogP contribution in [0.1, 0.15) is 51.4 Å². The Bertz CT molecular complexity index is 1120. The maximum Gasteiger partial charge on any atom is 0.243 e. The molecule has 0 radical (unpaired) electrons. The predicted molar refractivity (Wildman–Crippen MR) is 140 cm³/mol. The second kappa shape index (κ2) is 11.0. The number of carbonyl (C=O) groups is 1. The van der Waals surface area contributed by atoms with E-state index in [2.05, 4.69) is 9.80 Å². The van der Waals surface area contributed by atoms with Crippen molar-refractivity contribution in [2.75, 3.05) is 45.8 Å². The Labute approximate surface area is 210 Å². The number of hydrogen-bond donors (Lipinski definition) is 0. The van der Waals surface area contributed by atoms with Gasteiger partial charge < -0.3 is 9.80 Å². The average molecular weight is 498 g/mol. The van der Waals surface area contributed by atoms with Crippen molar-refractivity contribution < 1.29 is 13.2 Å². The lowest BCUT2D eigenvalue weighted by Crippen LogP contribution is -2.45. The second-order valence-electron chi connectivity index (χ2n) is 10.7. The van der Waals surface area contributed by atoms with Crippen molar-refractivity contribution in [2.24, 2.45) is 11.8 Å². The highest BCUT2D eigenvalue weighted by Crippen LogP contribution is 2.28. The van der Waals surface area contributed by atoms with E-state index in [0.29, 0.717) is 30.8 Å². The monoisotopic (exact) mass is 497 g/mol. The van der Waals surface area contributed by atoms with E-state index in [1.807, 2.05) is 30.3 Å². The van der Waals surface area contributed by atoms with E-state index < -0.39 is 10.0 Å². The fraction of sp³-hybridized carbons (Fsp3) is 0.607. The van der Waals surface area contributed by atoms with Crippen LogP contribution >= 0.6 is 0 Å². The van der Waals surface area contributed by atoms with Gasteiger partial charge in [-0.1, -0.05) is 49.6 Å². The molecule has 2 aromatic carbocycles. The number of rotatable bonds is 5. The standard InChI is InChI=1S/C28H39N3O3S/c32-28(30-16-6-15-29(19-20-30)22-23-7-2-1-3-8-23)25-13-17-31(18-14-25)35(33,34)27-12-11-24-9-4-5-10-26(24)21-27/h4-5,9-12,21,23,25H,1-3,6-8,13-20,22H2. The number of sulfonamides is 1. The Morgan fingerprint density at radius 3 is 2.29 bits per heavy atom. The number of piperidine rings is 1. The molecular formula is C28H39N3O3S. The number of nitrogens with zero attached hydrogens (tertiary/aromatic N) is 3. The third kappa shape index (κ3) is 5.73. The SMILES string of the molecule is O=C(C1CCN(S(=O)(=O)c2ccc3ccccc3c2)CC1)N1CCCN(CC2CCCCC2)CC1. The summed E-state index contributed by atoms with van der Waals surface area (Å²) < 4.78 is 28.1. The summed E-state index contributed by atoms with van der Waals surface area (Å²) in [7, 11) is -3.55. The van der Waals surface area contributed by atoms with Crippen molar-refractivity contribution in [3.8, 4) is 0 Å². The number of amides is 1. The molecule has 0 unspecified atom stereocenters. The molecule has 1 amide bonds. The predicted octanol–water partition coefficient (Wildman–Crippen LogP) is 4.36. The molecule has 0 bridgehead atoms. The largest absolute Gasteiger partial charge is 0.341 e. The topological polar surface area (TPSA) is 60.9 Å². The molecule has 1 saturated carbocycles. The van der Waals surface area contributed by atoms with Crippen LogP contribution in [0.25, 0.3) is 10.8 Å². The normalized spacial score (nSPS) is 22.3. The molecule has 0 spiro atoms. The molecule has 0 aromatic heterocycles. The van der Waals surface area contributed by atoms with Crippen molar-refractivity contribution in [1.82, 2.24) is 14.1 Å². The molecule has 3 fully saturated rings. The van der Waals surface area contributed by atoms with Gasteiger partial charge in [-0.15, -0.1) is 0 Å². The van der Waals surface area contributed by atoms with Crippen molar-refractivity contribution in [2.45, 2.75) is 56.3 Å². The van der Waals surface area contributed by atoms with Crippen molar-refractivity contribution in [3.05, 3.63) is 42.5 Å².